The molecule has 0 spiro atoms. The number of alkyl halides is 3. The summed E-state index contributed by atoms with van der Waals surface area (Å²) in [4.78, 5) is 39.6. The van der Waals surface area contributed by atoms with Gasteiger partial charge in [-0.15, -0.1) is 0 Å². The first-order chi connectivity index (χ1) is 13.2. The molecule has 2 heterocycles. The lowest BCUT2D eigenvalue weighted by Gasteiger charge is -2.12. The Morgan fingerprint density at radius 1 is 1.14 bits per heavy atom. The minimum Gasteiger partial charge on any atom is -0.456 e. The predicted molar refractivity (Wildman–Crippen MR) is 85.1 cm³/mol. The van der Waals surface area contributed by atoms with Gasteiger partial charge >= 0.3 is 12.1 Å². The van der Waals surface area contributed by atoms with E-state index in [-0.39, 0.29) is 55.9 Å². The smallest absolute Gasteiger partial charge is 0.416 e. The molecule has 0 atom stereocenters. The van der Waals surface area contributed by atoms with Crippen molar-refractivity contribution in [2.75, 3.05) is 6.54 Å². The van der Waals surface area contributed by atoms with Gasteiger partial charge in [-0.05, 0) is 12.1 Å². The standard InChI is InChI=1S/C17H14F3N3O5/c18-17(19,20)11-3-1-10(2-4-11)16-21-12(28-22-16)9-27-15(26)7-8-23-13(24)5-6-14(23)25/h1-4H,5-9H2. The molecule has 2 amide bonds. The number of nitrogens with zero attached hydrogens (tertiary/aromatic N) is 3. The average molecular weight is 397 g/mol. The zero-order valence-corrected chi connectivity index (χ0v) is 14.4. The molecule has 3 rings (SSSR count). The first-order valence-corrected chi connectivity index (χ1v) is 8.23. The lowest BCUT2D eigenvalue weighted by Crippen LogP contribution is -2.31. The van der Waals surface area contributed by atoms with Gasteiger partial charge in [0, 0.05) is 24.9 Å². The molecule has 0 unspecified atom stereocenters. The summed E-state index contributed by atoms with van der Waals surface area (Å²) in [6.45, 7) is -0.397. The molecule has 8 nitrogen and oxygen atoms in total. The van der Waals surface area contributed by atoms with Gasteiger partial charge in [0.25, 0.3) is 5.89 Å². The van der Waals surface area contributed by atoms with Crippen LogP contribution in [0, 0.1) is 0 Å². The summed E-state index contributed by atoms with van der Waals surface area (Å²) < 4.78 is 47.5. The van der Waals surface area contributed by atoms with Crippen LogP contribution in [0.15, 0.2) is 28.8 Å². The van der Waals surface area contributed by atoms with Crippen LogP contribution in [0.5, 0.6) is 0 Å². The molecule has 28 heavy (non-hydrogen) atoms. The molecule has 11 heteroatoms. The van der Waals surface area contributed by atoms with Crippen LogP contribution < -0.4 is 0 Å². The van der Waals surface area contributed by atoms with E-state index in [1.165, 1.54) is 12.1 Å². The number of aromatic nitrogens is 2. The van der Waals surface area contributed by atoms with Crippen LogP contribution in [0.3, 0.4) is 0 Å². The van der Waals surface area contributed by atoms with E-state index in [2.05, 4.69) is 10.1 Å². The van der Waals surface area contributed by atoms with Gasteiger partial charge in [-0.2, -0.15) is 18.2 Å². The zero-order valence-electron chi connectivity index (χ0n) is 14.4. The van der Waals surface area contributed by atoms with Crippen molar-refractivity contribution in [3.63, 3.8) is 0 Å². The summed E-state index contributed by atoms with van der Waals surface area (Å²) in [7, 11) is 0. The lowest BCUT2D eigenvalue weighted by molar-refractivity contribution is -0.147. The third kappa shape index (κ3) is 4.53. The fourth-order valence-electron chi connectivity index (χ4n) is 2.53. The Bertz CT molecular complexity index is 876. The molecule has 0 saturated carbocycles. The van der Waals surface area contributed by atoms with Gasteiger partial charge in [-0.25, -0.2) is 0 Å². The van der Waals surface area contributed by atoms with Crippen LogP contribution in [-0.2, 0) is 31.9 Å². The van der Waals surface area contributed by atoms with Crippen molar-refractivity contribution >= 4 is 17.8 Å². The van der Waals surface area contributed by atoms with Crippen molar-refractivity contribution in [2.45, 2.75) is 32.0 Å². The van der Waals surface area contributed by atoms with Crippen LogP contribution in [-0.4, -0.2) is 39.4 Å². The number of amides is 2. The lowest BCUT2D eigenvalue weighted by atomic mass is 10.1. The van der Waals surface area contributed by atoms with Crippen LogP contribution in [0.25, 0.3) is 11.4 Å². The van der Waals surface area contributed by atoms with Crippen LogP contribution in [0.2, 0.25) is 0 Å². The van der Waals surface area contributed by atoms with E-state index in [4.69, 9.17) is 9.26 Å². The number of likely N-dealkylation sites (tertiary alicyclic amines) is 1. The Labute approximate surface area is 156 Å². The number of carbonyl (C=O) groups is 3. The van der Waals surface area contributed by atoms with E-state index in [0.717, 1.165) is 17.0 Å². The van der Waals surface area contributed by atoms with Gasteiger partial charge in [0.05, 0.1) is 12.0 Å². The Morgan fingerprint density at radius 2 is 1.79 bits per heavy atom. The summed E-state index contributed by atoms with van der Waals surface area (Å²) in [6, 6.07) is 4.19. The molecule has 1 fully saturated rings. The molecule has 1 aliphatic heterocycles. The molecular weight excluding hydrogens is 383 g/mol. The van der Waals surface area contributed by atoms with E-state index in [0.29, 0.717) is 5.56 Å². The summed E-state index contributed by atoms with van der Waals surface area (Å²) in [5.41, 5.74) is -0.496. The second-order valence-corrected chi connectivity index (χ2v) is 5.94. The number of hydrogen-bond acceptors (Lipinski definition) is 7. The number of imide groups is 1. The number of hydrogen-bond donors (Lipinski definition) is 0. The van der Waals surface area contributed by atoms with Crippen molar-refractivity contribution in [3.8, 4) is 11.4 Å². The Balaban J connectivity index is 1.51. The predicted octanol–water partition coefficient (Wildman–Crippen LogP) is 2.34. The fraction of sp³-hybridized carbons (Fsp3) is 0.353. The average Bonchev–Trinajstić information content (AvgIpc) is 3.25. The fourth-order valence-corrected chi connectivity index (χ4v) is 2.53. The number of carbonyl (C=O) groups excluding carboxylic acids is 3. The SMILES string of the molecule is O=C(CCN1C(=O)CCC1=O)OCc1nc(-c2ccc(C(F)(F)F)cc2)no1. The van der Waals surface area contributed by atoms with Gasteiger partial charge in [-0.3, -0.25) is 19.3 Å². The number of esters is 1. The molecule has 0 radical (unpaired) electrons. The van der Waals surface area contributed by atoms with Crippen molar-refractivity contribution in [1.29, 1.82) is 0 Å². The largest absolute Gasteiger partial charge is 0.456 e. The molecule has 0 bridgehead atoms. The van der Waals surface area contributed by atoms with E-state index in [1.807, 2.05) is 0 Å². The summed E-state index contributed by atoms with van der Waals surface area (Å²) in [5, 5.41) is 3.63. The number of benzene rings is 1. The monoisotopic (exact) mass is 397 g/mol. The molecule has 0 aliphatic carbocycles. The van der Waals surface area contributed by atoms with Gasteiger partial charge < -0.3 is 9.26 Å². The Hall–Kier alpha value is -3.24. The highest BCUT2D eigenvalue weighted by Crippen LogP contribution is 2.30. The molecule has 2 aromatic rings. The summed E-state index contributed by atoms with van der Waals surface area (Å²) >= 11 is 0. The number of halogens is 3. The van der Waals surface area contributed by atoms with Gasteiger partial charge in [0.1, 0.15) is 0 Å². The quantitative estimate of drug-likeness (QED) is 0.544. The number of ether oxygens (including phenoxy) is 1. The van der Waals surface area contributed by atoms with E-state index >= 15 is 0 Å². The molecule has 148 valence electrons. The van der Waals surface area contributed by atoms with E-state index in [1.54, 1.807) is 0 Å². The highest BCUT2D eigenvalue weighted by Gasteiger charge is 2.30. The highest BCUT2D eigenvalue weighted by atomic mass is 19.4. The van der Waals surface area contributed by atoms with Gasteiger partial charge in [0.15, 0.2) is 6.61 Å². The van der Waals surface area contributed by atoms with Gasteiger partial charge in [0.2, 0.25) is 17.6 Å². The maximum Gasteiger partial charge on any atom is 0.416 e. The molecule has 1 saturated heterocycles. The van der Waals surface area contributed by atoms with Crippen LogP contribution in [0.1, 0.15) is 30.7 Å². The van der Waals surface area contributed by atoms with E-state index in [9.17, 15) is 27.6 Å². The zero-order chi connectivity index (χ0) is 20.3. The van der Waals surface area contributed by atoms with E-state index < -0.39 is 17.7 Å². The molecule has 1 aromatic heterocycles. The molecular formula is C17H14F3N3O5. The van der Waals surface area contributed by atoms with Crippen molar-refractivity contribution in [3.05, 3.63) is 35.7 Å². The summed E-state index contributed by atoms with van der Waals surface area (Å²) in [6.07, 6.45) is -4.33. The van der Waals surface area contributed by atoms with Gasteiger partial charge in [-0.1, -0.05) is 17.3 Å². The normalized spacial score (nSPS) is 14.6. The third-order valence-corrected chi connectivity index (χ3v) is 3.99. The minimum absolute atomic E-state index is 0.0448. The first kappa shape index (κ1) is 19.5. The second kappa shape index (κ2) is 7.79. The second-order valence-electron chi connectivity index (χ2n) is 5.94. The van der Waals surface area contributed by atoms with Crippen molar-refractivity contribution in [1.82, 2.24) is 15.0 Å². The summed E-state index contributed by atoms with van der Waals surface area (Å²) in [5.74, 6) is -1.31. The maximum absolute atomic E-state index is 12.6. The van der Waals surface area contributed by atoms with Crippen LogP contribution in [0.4, 0.5) is 13.2 Å². The number of rotatable bonds is 6. The molecule has 0 N–H and O–H groups in total. The van der Waals surface area contributed by atoms with Crippen molar-refractivity contribution < 1.29 is 36.8 Å². The topological polar surface area (TPSA) is 103 Å². The highest BCUT2D eigenvalue weighted by molar-refractivity contribution is 6.02. The minimum atomic E-state index is -4.45. The van der Waals surface area contributed by atoms with Crippen LogP contribution >= 0.6 is 0 Å². The first-order valence-electron chi connectivity index (χ1n) is 8.23. The maximum atomic E-state index is 12.6. The van der Waals surface area contributed by atoms with Crippen molar-refractivity contribution in [2.24, 2.45) is 0 Å². The molecule has 1 aliphatic rings. The molecule has 1 aromatic carbocycles. The third-order valence-electron chi connectivity index (χ3n) is 3.99. The Kier molecular flexibility index (Phi) is 5.43. The Morgan fingerprint density at radius 3 is 2.39 bits per heavy atom.